The number of hydrogen-bond acceptors (Lipinski definition) is 11. The molecule has 0 heterocycles. The summed E-state index contributed by atoms with van der Waals surface area (Å²) in [6, 6.07) is 8.88. The highest BCUT2D eigenvalue weighted by molar-refractivity contribution is 5.93. The van der Waals surface area contributed by atoms with Gasteiger partial charge >= 0.3 is 11.9 Å². The van der Waals surface area contributed by atoms with Crippen LogP contribution in [0.15, 0.2) is 47.9 Å². The third-order valence-electron chi connectivity index (χ3n) is 3.42. The van der Waals surface area contributed by atoms with Gasteiger partial charge in [-0.3, -0.25) is 9.74 Å². The Bertz CT molecular complexity index is 975. The molecule has 0 atom stereocenters. The van der Waals surface area contributed by atoms with E-state index in [1.54, 1.807) is 12.1 Å². The van der Waals surface area contributed by atoms with Crippen LogP contribution in [0.1, 0.15) is 0 Å². The SMILES string of the molecule is [C-]#[N+]CN(/C=C/C=C(/C#N)C(=O)OCCOC(=O)/C(C#N)=C\C=C\N(CC#N)CC#N)CC#N. The van der Waals surface area contributed by atoms with Gasteiger partial charge < -0.3 is 14.4 Å². The molecule has 170 valence electrons. The van der Waals surface area contributed by atoms with E-state index in [0.29, 0.717) is 0 Å². The van der Waals surface area contributed by atoms with Crippen molar-refractivity contribution in [1.82, 2.24) is 9.80 Å². The van der Waals surface area contributed by atoms with Gasteiger partial charge in [0, 0.05) is 12.4 Å². The molecule has 34 heavy (non-hydrogen) atoms. The third kappa shape index (κ3) is 12.2. The molecular formula is C22H18N8O4. The fourth-order valence-electron chi connectivity index (χ4n) is 1.92. The highest BCUT2D eigenvalue weighted by atomic mass is 16.6. The van der Waals surface area contributed by atoms with E-state index in [2.05, 4.69) is 4.85 Å². The number of esters is 2. The van der Waals surface area contributed by atoms with E-state index in [-0.39, 0.29) is 50.7 Å². The molecule has 0 saturated carbocycles. The van der Waals surface area contributed by atoms with Crippen molar-refractivity contribution < 1.29 is 19.1 Å². The van der Waals surface area contributed by atoms with E-state index in [9.17, 15) is 9.59 Å². The maximum Gasteiger partial charge on any atom is 0.349 e. The van der Waals surface area contributed by atoms with Crippen LogP contribution in [0.25, 0.3) is 4.85 Å². The summed E-state index contributed by atoms with van der Waals surface area (Å²) in [5.41, 5.74) is -0.718. The van der Waals surface area contributed by atoms with Crippen LogP contribution in [0.4, 0.5) is 0 Å². The Hall–Kier alpha value is -5.56. The van der Waals surface area contributed by atoms with Gasteiger partial charge in [0.15, 0.2) is 0 Å². The lowest BCUT2D eigenvalue weighted by molar-refractivity contribution is -0.146. The van der Waals surface area contributed by atoms with Crippen LogP contribution in [0.3, 0.4) is 0 Å². The van der Waals surface area contributed by atoms with Gasteiger partial charge in [0.05, 0.1) is 18.2 Å². The van der Waals surface area contributed by atoms with E-state index < -0.39 is 11.9 Å². The molecule has 0 bridgehead atoms. The van der Waals surface area contributed by atoms with E-state index in [1.165, 1.54) is 34.4 Å². The minimum Gasteiger partial charge on any atom is -0.458 e. The number of ether oxygens (including phenoxy) is 2. The summed E-state index contributed by atoms with van der Waals surface area (Å²) in [6.45, 7) is 5.83. The summed E-state index contributed by atoms with van der Waals surface area (Å²) in [5, 5.41) is 44.1. The molecule has 0 saturated heterocycles. The molecule has 0 aromatic carbocycles. The van der Waals surface area contributed by atoms with Crippen molar-refractivity contribution in [3.8, 4) is 30.3 Å². The smallest absolute Gasteiger partial charge is 0.349 e. The average Bonchev–Trinajstić information content (AvgIpc) is 2.82. The van der Waals surface area contributed by atoms with E-state index in [1.807, 2.05) is 18.2 Å². The molecule has 0 aromatic heterocycles. The standard InChI is InChI=1S/C22H18N8O4/c1-28-18-30(13-8-25)10-3-5-20(17-27)22(32)34-15-14-33-21(31)19(16-26)4-2-9-29(11-6-23)12-7-24/h2-5,9-10H,11-15,18H2/b9-2+,10-3+,19-4-,20-5-. The van der Waals surface area contributed by atoms with Gasteiger partial charge in [-0.15, -0.1) is 0 Å². The number of nitrogens with zero attached hydrogens (tertiary/aromatic N) is 8. The molecule has 12 nitrogen and oxygen atoms in total. The number of carbonyl (C=O) groups excluding carboxylic acids is 2. The highest BCUT2D eigenvalue weighted by Gasteiger charge is 2.12. The largest absolute Gasteiger partial charge is 0.458 e. The molecule has 0 aromatic rings. The van der Waals surface area contributed by atoms with Crippen molar-refractivity contribution in [1.29, 1.82) is 26.3 Å². The summed E-state index contributed by atoms with van der Waals surface area (Å²) >= 11 is 0. The van der Waals surface area contributed by atoms with Crippen molar-refractivity contribution in [3.63, 3.8) is 0 Å². The molecule has 0 spiro atoms. The lowest BCUT2D eigenvalue weighted by atomic mass is 10.2. The Balaban J connectivity index is 4.78. The van der Waals surface area contributed by atoms with Gasteiger partial charge in [0.25, 0.3) is 6.67 Å². The maximum atomic E-state index is 11.9. The minimum atomic E-state index is -0.980. The second-order valence-electron chi connectivity index (χ2n) is 5.76. The van der Waals surface area contributed by atoms with E-state index in [4.69, 9.17) is 42.4 Å². The molecule has 0 aliphatic heterocycles. The zero-order valence-corrected chi connectivity index (χ0v) is 17.9. The Morgan fingerprint density at radius 2 is 1.18 bits per heavy atom. The number of nitriles is 5. The second-order valence-corrected chi connectivity index (χ2v) is 5.76. The zero-order chi connectivity index (χ0) is 25.6. The van der Waals surface area contributed by atoms with Crippen LogP contribution < -0.4 is 0 Å². The number of hydrogen-bond donors (Lipinski definition) is 0. The van der Waals surface area contributed by atoms with Gasteiger partial charge in [0.2, 0.25) is 0 Å². The van der Waals surface area contributed by atoms with Crippen LogP contribution >= 0.6 is 0 Å². The monoisotopic (exact) mass is 458 g/mol. The fourth-order valence-corrected chi connectivity index (χ4v) is 1.92. The highest BCUT2D eigenvalue weighted by Crippen LogP contribution is 2.01. The first-order valence-electron chi connectivity index (χ1n) is 9.30. The summed E-state index contributed by atoms with van der Waals surface area (Å²) in [4.78, 5) is 29.7. The third-order valence-corrected chi connectivity index (χ3v) is 3.42. The lowest BCUT2D eigenvalue weighted by Gasteiger charge is -2.10. The quantitative estimate of drug-likeness (QED) is 0.0731. The molecule has 12 heteroatoms. The maximum absolute atomic E-state index is 11.9. The molecule has 0 unspecified atom stereocenters. The first kappa shape index (κ1) is 28.4. The molecule has 0 radical (unpaired) electrons. The second kappa shape index (κ2) is 18.2. The number of allylic oxidation sites excluding steroid dienone is 4. The van der Waals surface area contributed by atoms with Crippen molar-refractivity contribution in [2.24, 2.45) is 0 Å². The zero-order valence-electron chi connectivity index (χ0n) is 17.9. The number of rotatable bonds is 13. The first-order valence-corrected chi connectivity index (χ1v) is 9.30. The van der Waals surface area contributed by atoms with Crippen LogP contribution in [-0.4, -0.2) is 61.3 Å². The Morgan fingerprint density at radius 3 is 1.56 bits per heavy atom. The van der Waals surface area contributed by atoms with Gasteiger partial charge in [-0.1, -0.05) is 0 Å². The molecule has 0 aliphatic rings. The summed E-state index contributed by atoms with van der Waals surface area (Å²) < 4.78 is 9.68. The van der Waals surface area contributed by atoms with Crippen molar-refractivity contribution in [2.45, 2.75) is 0 Å². The van der Waals surface area contributed by atoms with Crippen LogP contribution in [0.5, 0.6) is 0 Å². The molecule has 0 amide bonds. The lowest BCUT2D eigenvalue weighted by Crippen LogP contribution is -2.17. The Labute approximate surface area is 196 Å². The van der Waals surface area contributed by atoms with Crippen molar-refractivity contribution >= 4 is 11.9 Å². The summed E-state index contributed by atoms with van der Waals surface area (Å²) in [5.74, 6) is -1.96. The molecule has 0 aliphatic carbocycles. The number of carbonyl (C=O) groups is 2. The Kier molecular flexibility index (Phi) is 15.2. The van der Waals surface area contributed by atoms with E-state index in [0.717, 1.165) is 12.2 Å². The van der Waals surface area contributed by atoms with Gasteiger partial charge in [-0.25, -0.2) is 16.2 Å². The predicted octanol–water partition coefficient (Wildman–Crippen LogP) is 1.05. The minimum absolute atomic E-state index is 0.0443. The fraction of sp³-hybridized carbons (Fsp3) is 0.273. The van der Waals surface area contributed by atoms with Gasteiger partial charge in [-0.2, -0.15) is 26.3 Å². The molecular weight excluding hydrogens is 440 g/mol. The average molecular weight is 458 g/mol. The molecule has 0 N–H and O–H groups in total. The van der Waals surface area contributed by atoms with Crippen LogP contribution in [0.2, 0.25) is 0 Å². The molecule has 0 fully saturated rings. The van der Waals surface area contributed by atoms with Gasteiger partial charge in [-0.05, 0) is 24.3 Å². The van der Waals surface area contributed by atoms with Gasteiger partial charge in [0.1, 0.15) is 56.1 Å². The van der Waals surface area contributed by atoms with Crippen molar-refractivity contribution in [3.05, 3.63) is 59.3 Å². The van der Waals surface area contributed by atoms with Crippen LogP contribution in [-0.2, 0) is 19.1 Å². The summed E-state index contributed by atoms with van der Waals surface area (Å²) in [6.07, 6.45) is 7.65. The van der Waals surface area contributed by atoms with Crippen molar-refractivity contribution in [2.75, 3.05) is 39.5 Å². The molecule has 0 rings (SSSR count). The predicted molar refractivity (Wildman–Crippen MR) is 114 cm³/mol. The Morgan fingerprint density at radius 1 is 0.765 bits per heavy atom. The first-order chi connectivity index (χ1) is 16.5. The normalized spacial score (nSPS) is 10.6. The van der Waals surface area contributed by atoms with E-state index >= 15 is 0 Å². The topological polar surface area (TPSA) is 182 Å². The summed E-state index contributed by atoms with van der Waals surface area (Å²) in [7, 11) is 0. The van der Waals surface area contributed by atoms with Crippen LogP contribution in [0, 0.1) is 63.2 Å².